The molecule has 0 aliphatic carbocycles. The molecule has 6 aromatic rings. The van der Waals surface area contributed by atoms with Crippen LogP contribution in [0, 0.1) is 0 Å². The van der Waals surface area contributed by atoms with Crippen molar-refractivity contribution in [2.45, 2.75) is 0 Å². The maximum absolute atomic E-state index is 14.5. The fraction of sp³-hybridized carbons (Fsp3) is 0. The summed E-state index contributed by atoms with van der Waals surface area (Å²) in [5.41, 5.74) is 4.19. The van der Waals surface area contributed by atoms with E-state index in [0.717, 1.165) is 48.9 Å². The average Bonchev–Trinajstić information content (AvgIpc) is 3.31. The molecule has 0 aliphatic heterocycles. The zero-order valence-electron chi connectivity index (χ0n) is 18.7. The molecule has 4 heteroatoms. The number of hydrogen-bond donors (Lipinski definition) is 1. The van der Waals surface area contributed by atoms with Gasteiger partial charge in [-0.15, -0.1) is 11.3 Å². The van der Waals surface area contributed by atoms with Crippen LogP contribution in [0.1, 0.15) is 15.9 Å². The van der Waals surface area contributed by atoms with E-state index in [9.17, 15) is 4.79 Å². The summed E-state index contributed by atoms with van der Waals surface area (Å²) in [5.74, 6) is 0.00244. The Kier molecular flexibility index (Phi) is 5.57. The number of hydrogen-bond acceptors (Lipinski definition) is 3. The lowest BCUT2D eigenvalue weighted by Gasteiger charge is -2.14. The van der Waals surface area contributed by atoms with Gasteiger partial charge in [0.15, 0.2) is 5.78 Å². The summed E-state index contributed by atoms with van der Waals surface area (Å²) in [6, 6.07) is 36.0. The topological polar surface area (TPSA) is 29.1 Å². The molecule has 0 unspecified atom stereocenters. The Hall–Kier alpha value is -3.92. The van der Waals surface area contributed by atoms with Gasteiger partial charge in [0.25, 0.3) is 0 Å². The third kappa shape index (κ3) is 3.99. The lowest BCUT2D eigenvalue weighted by atomic mass is 9.90. The van der Waals surface area contributed by atoms with E-state index in [1.165, 1.54) is 11.3 Å². The second-order valence-corrected chi connectivity index (χ2v) is 9.69. The minimum Gasteiger partial charge on any atom is -0.347 e. The van der Waals surface area contributed by atoms with Crippen LogP contribution in [0.2, 0.25) is 5.02 Å². The molecule has 6 rings (SSSR count). The number of halogens is 1. The number of nitrogens with one attached hydrogen (secondary N) is 1. The van der Waals surface area contributed by atoms with Crippen LogP contribution in [0.5, 0.6) is 0 Å². The van der Waals surface area contributed by atoms with Crippen molar-refractivity contribution in [3.63, 3.8) is 0 Å². The summed E-state index contributed by atoms with van der Waals surface area (Å²) in [6.07, 6.45) is 0. The number of carbonyl (C=O) groups excluding carboxylic acids is 1. The second-order valence-electron chi connectivity index (χ2n) is 8.37. The Bertz CT molecular complexity index is 1630. The van der Waals surface area contributed by atoms with Crippen molar-refractivity contribution in [1.29, 1.82) is 0 Å². The summed E-state index contributed by atoms with van der Waals surface area (Å²) in [7, 11) is 0. The highest BCUT2D eigenvalue weighted by Crippen LogP contribution is 2.41. The molecule has 0 radical (unpaired) electrons. The Labute approximate surface area is 212 Å². The number of rotatable bonds is 5. The minimum absolute atomic E-state index is 0.00244. The number of para-hydroxylation sites is 1. The van der Waals surface area contributed by atoms with Crippen molar-refractivity contribution in [1.82, 2.24) is 0 Å². The highest BCUT2D eigenvalue weighted by Gasteiger charge is 2.25. The molecule has 0 atom stereocenters. The number of ketones is 1. The highest BCUT2D eigenvalue weighted by molar-refractivity contribution is 7.15. The Balaban J connectivity index is 1.61. The zero-order chi connectivity index (χ0) is 23.8. The van der Waals surface area contributed by atoms with Gasteiger partial charge in [-0.05, 0) is 57.4 Å². The van der Waals surface area contributed by atoms with Gasteiger partial charge in [-0.3, -0.25) is 4.79 Å². The molecule has 5 aromatic carbocycles. The van der Waals surface area contributed by atoms with E-state index in [1.54, 1.807) is 0 Å². The highest BCUT2D eigenvalue weighted by atomic mass is 35.5. The summed E-state index contributed by atoms with van der Waals surface area (Å²) in [6.45, 7) is 0. The first-order valence-corrected chi connectivity index (χ1v) is 12.6. The summed E-state index contributed by atoms with van der Waals surface area (Å²) >= 11 is 7.70. The molecule has 0 saturated carbocycles. The largest absolute Gasteiger partial charge is 0.347 e. The maximum Gasteiger partial charge on any atom is 0.197 e. The number of fused-ring (bicyclic) bond motifs is 2. The first kappa shape index (κ1) is 21.6. The number of thiophene rings is 1. The molecular formula is C31H20ClNOS. The number of carbonyl (C=O) groups is 1. The number of benzene rings is 5. The van der Waals surface area contributed by atoms with Crippen molar-refractivity contribution < 1.29 is 4.79 Å². The van der Waals surface area contributed by atoms with E-state index in [0.29, 0.717) is 10.6 Å². The van der Waals surface area contributed by atoms with E-state index >= 15 is 0 Å². The molecule has 35 heavy (non-hydrogen) atoms. The van der Waals surface area contributed by atoms with E-state index in [4.69, 9.17) is 11.6 Å². The molecule has 0 amide bonds. The lowest BCUT2D eigenvalue weighted by Crippen LogP contribution is -2.06. The lowest BCUT2D eigenvalue weighted by molar-refractivity contribution is 0.104. The van der Waals surface area contributed by atoms with Crippen molar-refractivity contribution in [3.05, 3.63) is 131 Å². The fourth-order valence-electron chi connectivity index (χ4n) is 4.55. The van der Waals surface area contributed by atoms with Gasteiger partial charge in [-0.2, -0.15) is 0 Å². The van der Waals surface area contributed by atoms with Gasteiger partial charge in [0.1, 0.15) is 5.00 Å². The van der Waals surface area contributed by atoms with Gasteiger partial charge in [0.2, 0.25) is 0 Å². The zero-order valence-corrected chi connectivity index (χ0v) is 20.2. The third-order valence-electron chi connectivity index (χ3n) is 6.20. The molecular weight excluding hydrogens is 470 g/mol. The van der Waals surface area contributed by atoms with Crippen LogP contribution in [0.25, 0.3) is 32.7 Å². The quantitative estimate of drug-likeness (QED) is 0.193. The van der Waals surface area contributed by atoms with Crippen LogP contribution in [0.4, 0.5) is 10.7 Å². The van der Waals surface area contributed by atoms with Crippen molar-refractivity contribution in [2.24, 2.45) is 0 Å². The van der Waals surface area contributed by atoms with Gasteiger partial charge < -0.3 is 5.32 Å². The first-order valence-electron chi connectivity index (χ1n) is 11.3. The van der Waals surface area contributed by atoms with E-state index in [1.807, 2.05) is 91.0 Å². The molecule has 1 aromatic heterocycles. The Morgan fingerprint density at radius 1 is 0.686 bits per heavy atom. The normalized spacial score (nSPS) is 11.1. The SMILES string of the molecule is O=C(c1c(-c2ccc(Cl)cc2)csc1Nc1ccccc1)c1c2ccccc2cc2ccccc12. The average molecular weight is 490 g/mol. The van der Waals surface area contributed by atoms with E-state index in [-0.39, 0.29) is 5.78 Å². The summed E-state index contributed by atoms with van der Waals surface area (Å²) in [4.78, 5) is 14.5. The monoisotopic (exact) mass is 489 g/mol. The molecule has 2 nitrogen and oxygen atoms in total. The van der Waals surface area contributed by atoms with Crippen LogP contribution in [-0.2, 0) is 0 Å². The molecule has 168 valence electrons. The van der Waals surface area contributed by atoms with Gasteiger partial charge in [-0.25, -0.2) is 0 Å². The second kappa shape index (κ2) is 9.03. The van der Waals surface area contributed by atoms with Crippen LogP contribution in [0.3, 0.4) is 0 Å². The van der Waals surface area contributed by atoms with Gasteiger partial charge in [0, 0.05) is 27.2 Å². The van der Waals surface area contributed by atoms with E-state index in [2.05, 4.69) is 28.9 Å². The predicted molar refractivity (Wildman–Crippen MR) is 149 cm³/mol. The van der Waals surface area contributed by atoms with Gasteiger partial charge in [-0.1, -0.05) is 90.5 Å². The fourth-order valence-corrected chi connectivity index (χ4v) is 5.67. The Morgan fingerprint density at radius 3 is 1.94 bits per heavy atom. The summed E-state index contributed by atoms with van der Waals surface area (Å²) < 4.78 is 0. The van der Waals surface area contributed by atoms with Crippen molar-refractivity contribution >= 4 is 61.0 Å². The molecule has 0 saturated heterocycles. The number of anilines is 2. The molecule has 0 bridgehead atoms. The van der Waals surface area contributed by atoms with Gasteiger partial charge in [0.05, 0.1) is 5.56 Å². The van der Waals surface area contributed by atoms with E-state index < -0.39 is 0 Å². The first-order chi connectivity index (χ1) is 17.2. The van der Waals surface area contributed by atoms with Crippen LogP contribution >= 0.6 is 22.9 Å². The van der Waals surface area contributed by atoms with Gasteiger partial charge >= 0.3 is 0 Å². The maximum atomic E-state index is 14.5. The molecule has 1 N–H and O–H groups in total. The van der Waals surface area contributed by atoms with Crippen LogP contribution < -0.4 is 5.32 Å². The van der Waals surface area contributed by atoms with Crippen LogP contribution in [0.15, 0.2) is 115 Å². The summed E-state index contributed by atoms with van der Waals surface area (Å²) in [5, 5.41) is 11.0. The minimum atomic E-state index is 0.00244. The standard InChI is InChI=1S/C31H20ClNOS/c32-23-16-14-20(15-17-23)27-19-35-31(33-24-10-2-1-3-11-24)29(27)30(34)28-25-12-6-4-8-21(25)18-22-9-5-7-13-26(22)28/h1-19,33H. The third-order valence-corrected chi connectivity index (χ3v) is 7.35. The Morgan fingerprint density at radius 2 is 1.29 bits per heavy atom. The van der Waals surface area contributed by atoms with Crippen molar-refractivity contribution in [2.75, 3.05) is 5.32 Å². The smallest absolute Gasteiger partial charge is 0.197 e. The molecule has 0 fully saturated rings. The van der Waals surface area contributed by atoms with Crippen LogP contribution in [-0.4, -0.2) is 5.78 Å². The molecule has 1 heterocycles. The predicted octanol–water partition coefficient (Wildman–Crippen LogP) is 9.35. The molecule has 0 spiro atoms. The molecule has 0 aliphatic rings. The van der Waals surface area contributed by atoms with Crippen molar-refractivity contribution in [3.8, 4) is 11.1 Å².